The van der Waals surface area contributed by atoms with Crippen LogP contribution < -0.4 is 5.32 Å². The molecule has 0 spiro atoms. The van der Waals surface area contributed by atoms with Crippen LogP contribution >= 0.6 is 0 Å². The van der Waals surface area contributed by atoms with E-state index in [0.717, 1.165) is 11.1 Å². The Bertz CT molecular complexity index is 662. The molecule has 0 radical (unpaired) electrons. The average molecular weight is 301 g/mol. The molecule has 0 aliphatic carbocycles. The SMILES string of the molecule is COC(=O)C[C@H](NC(=O)c1cnn(C)c1)c1ccc(C)cc1. The highest BCUT2D eigenvalue weighted by Crippen LogP contribution is 2.19. The summed E-state index contributed by atoms with van der Waals surface area (Å²) in [7, 11) is 3.07. The van der Waals surface area contributed by atoms with Crippen molar-refractivity contribution in [2.45, 2.75) is 19.4 Å². The van der Waals surface area contributed by atoms with E-state index in [0.29, 0.717) is 5.56 Å². The molecular weight excluding hydrogens is 282 g/mol. The fraction of sp³-hybridized carbons (Fsp3) is 0.312. The Morgan fingerprint density at radius 3 is 2.55 bits per heavy atom. The number of hydrogen-bond acceptors (Lipinski definition) is 4. The number of carbonyl (C=O) groups excluding carboxylic acids is 2. The second-order valence-corrected chi connectivity index (χ2v) is 5.12. The molecule has 1 heterocycles. The van der Waals surface area contributed by atoms with Crippen molar-refractivity contribution >= 4 is 11.9 Å². The fourth-order valence-corrected chi connectivity index (χ4v) is 2.08. The van der Waals surface area contributed by atoms with E-state index >= 15 is 0 Å². The number of methoxy groups -OCH3 is 1. The maximum atomic E-state index is 12.3. The maximum absolute atomic E-state index is 12.3. The topological polar surface area (TPSA) is 73.2 Å². The standard InChI is InChI=1S/C16H19N3O3/c1-11-4-6-12(7-5-11)14(8-15(20)22-3)18-16(21)13-9-17-19(2)10-13/h4-7,9-10,14H,8H2,1-3H3,(H,18,21)/t14-/m0/s1. The molecule has 1 atom stereocenters. The van der Waals surface area contributed by atoms with Crippen molar-refractivity contribution in [1.82, 2.24) is 15.1 Å². The Balaban J connectivity index is 2.18. The van der Waals surface area contributed by atoms with Gasteiger partial charge >= 0.3 is 5.97 Å². The molecule has 116 valence electrons. The van der Waals surface area contributed by atoms with Crippen molar-refractivity contribution < 1.29 is 14.3 Å². The van der Waals surface area contributed by atoms with Crippen molar-refractivity contribution in [1.29, 1.82) is 0 Å². The molecule has 0 aliphatic heterocycles. The highest BCUT2D eigenvalue weighted by Gasteiger charge is 2.20. The van der Waals surface area contributed by atoms with E-state index in [1.807, 2.05) is 31.2 Å². The molecule has 1 aromatic heterocycles. The number of rotatable bonds is 5. The Morgan fingerprint density at radius 2 is 2.00 bits per heavy atom. The maximum Gasteiger partial charge on any atom is 0.307 e. The van der Waals surface area contributed by atoms with Crippen LogP contribution in [-0.4, -0.2) is 28.8 Å². The first-order valence-electron chi connectivity index (χ1n) is 6.92. The van der Waals surface area contributed by atoms with Gasteiger partial charge in [-0.2, -0.15) is 5.10 Å². The average Bonchev–Trinajstić information content (AvgIpc) is 2.94. The van der Waals surface area contributed by atoms with Gasteiger partial charge in [-0.25, -0.2) is 0 Å². The first-order chi connectivity index (χ1) is 10.5. The minimum atomic E-state index is -0.444. The molecule has 6 nitrogen and oxygen atoms in total. The Labute approximate surface area is 129 Å². The van der Waals surface area contributed by atoms with Gasteiger partial charge < -0.3 is 10.1 Å². The third-order valence-corrected chi connectivity index (χ3v) is 3.35. The summed E-state index contributed by atoms with van der Waals surface area (Å²) in [5.74, 6) is -0.653. The van der Waals surface area contributed by atoms with Crippen LogP contribution in [0.5, 0.6) is 0 Å². The van der Waals surface area contributed by atoms with Gasteiger partial charge in [-0.15, -0.1) is 0 Å². The monoisotopic (exact) mass is 301 g/mol. The number of hydrogen-bond donors (Lipinski definition) is 1. The van der Waals surface area contributed by atoms with Crippen molar-refractivity contribution in [2.75, 3.05) is 7.11 Å². The Hall–Kier alpha value is -2.63. The molecule has 0 saturated carbocycles. The van der Waals surface area contributed by atoms with Crippen LogP contribution in [0.1, 0.15) is 33.9 Å². The van der Waals surface area contributed by atoms with Crippen LogP contribution in [0, 0.1) is 6.92 Å². The summed E-state index contributed by atoms with van der Waals surface area (Å²) in [6.07, 6.45) is 3.19. The summed E-state index contributed by atoms with van der Waals surface area (Å²) in [4.78, 5) is 23.9. The van der Waals surface area contributed by atoms with E-state index in [9.17, 15) is 9.59 Å². The number of nitrogens with zero attached hydrogens (tertiary/aromatic N) is 2. The van der Waals surface area contributed by atoms with Crippen LogP contribution in [0.15, 0.2) is 36.7 Å². The summed E-state index contributed by atoms with van der Waals surface area (Å²) >= 11 is 0. The van der Waals surface area contributed by atoms with Crippen molar-refractivity contribution in [2.24, 2.45) is 7.05 Å². The first-order valence-corrected chi connectivity index (χ1v) is 6.92. The van der Waals surface area contributed by atoms with E-state index in [-0.39, 0.29) is 18.3 Å². The largest absolute Gasteiger partial charge is 0.469 e. The molecule has 22 heavy (non-hydrogen) atoms. The van der Waals surface area contributed by atoms with E-state index < -0.39 is 6.04 Å². The number of ether oxygens (including phenoxy) is 1. The molecule has 6 heteroatoms. The third-order valence-electron chi connectivity index (χ3n) is 3.35. The highest BCUT2D eigenvalue weighted by atomic mass is 16.5. The summed E-state index contributed by atoms with van der Waals surface area (Å²) in [6, 6.07) is 7.23. The van der Waals surface area contributed by atoms with Gasteiger partial charge in [-0.3, -0.25) is 14.3 Å². The van der Waals surface area contributed by atoms with Crippen molar-refractivity contribution in [3.63, 3.8) is 0 Å². The van der Waals surface area contributed by atoms with Gasteiger partial charge in [0.25, 0.3) is 5.91 Å². The van der Waals surface area contributed by atoms with Crippen LogP contribution in [0.25, 0.3) is 0 Å². The predicted octanol–water partition coefficient (Wildman–Crippen LogP) is 1.76. The molecule has 1 amide bonds. The van der Waals surface area contributed by atoms with E-state index in [1.165, 1.54) is 13.3 Å². The molecule has 2 aromatic rings. The van der Waals surface area contributed by atoms with Gasteiger partial charge in [0.2, 0.25) is 0 Å². The molecule has 0 unspecified atom stereocenters. The molecule has 1 aromatic carbocycles. The molecule has 0 fully saturated rings. The lowest BCUT2D eigenvalue weighted by Gasteiger charge is -2.18. The van der Waals surface area contributed by atoms with Gasteiger partial charge in [0.1, 0.15) is 0 Å². The van der Waals surface area contributed by atoms with Crippen LogP contribution in [0.2, 0.25) is 0 Å². The summed E-state index contributed by atoms with van der Waals surface area (Å²) < 4.78 is 6.26. The minimum absolute atomic E-state index is 0.0750. The van der Waals surface area contributed by atoms with Gasteiger partial charge in [-0.05, 0) is 12.5 Å². The highest BCUT2D eigenvalue weighted by molar-refractivity contribution is 5.94. The molecular formula is C16H19N3O3. The van der Waals surface area contributed by atoms with Crippen LogP contribution in [0.3, 0.4) is 0 Å². The normalized spacial score (nSPS) is 11.8. The van der Waals surface area contributed by atoms with Crippen LogP contribution in [0.4, 0.5) is 0 Å². The summed E-state index contributed by atoms with van der Waals surface area (Å²) in [6.45, 7) is 1.98. The Kier molecular flexibility index (Phi) is 4.93. The zero-order valence-electron chi connectivity index (χ0n) is 12.9. The minimum Gasteiger partial charge on any atom is -0.469 e. The quantitative estimate of drug-likeness (QED) is 0.854. The third kappa shape index (κ3) is 3.94. The lowest BCUT2D eigenvalue weighted by atomic mass is 10.0. The zero-order valence-corrected chi connectivity index (χ0v) is 12.9. The summed E-state index contributed by atoms with van der Waals surface area (Å²) in [5, 5.41) is 6.83. The van der Waals surface area contributed by atoms with E-state index in [4.69, 9.17) is 4.74 Å². The number of benzene rings is 1. The molecule has 1 N–H and O–H groups in total. The predicted molar refractivity (Wildman–Crippen MR) is 81.2 cm³/mol. The van der Waals surface area contributed by atoms with Gasteiger partial charge in [0.05, 0.1) is 31.3 Å². The number of carbonyl (C=O) groups is 2. The summed E-state index contributed by atoms with van der Waals surface area (Å²) in [5.41, 5.74) is 2.41. The second-order valence-electron chi connectivity index (χ2n) is 5.12. The number of aryl methyl sites for hydroxylation is 2. The smallest absolute Gasteiger partial charge is 0.307 e. The number of aromatic nitrogens is 2. The molecule has 0 saturated heterocycles. The molecule has 0 bridgehead atoms. The lowest BCUT2D eigenvalue weighted by Crippen LogP contribution is -2.30. The number of amides is 1. The van der Waals surface area contributed by atoms with Gasteiger partial charge in [-0.1, -0.05) is 29.8 Å². The van der Waals surface area contributed by atoms with E-state index in [1.54, 1.807) is 17.9 Å². The first kappa shape index (κ1) is 15.8. The van der Waals surface area contributed by atoms with Crippen molar-refractivity contribution in [3.05, 3.63) is 53.3 Å². The number of esters is 1. The molecule has 0 aliphatic rings. The zero-order chi connectivity index (χ0) is 16.1. The Morgan fingerprint density at radius 1 is 1.32 bits per heavy atom. The second kappa shape index (κ2) is 6.89. The van der Waals surface area contributed by atoms with E-state index in [2.05, 4.69) is 10.4 Å². The van der Waals surface area contributed by atoms with Crippen molar-refractivity contribution in [3.8, 4) is 0 Å². The lowest BCUT2D eigenvalue weighted by molar-refractivity contribution is -0.141. The number of nitrogens with one attached hydrogen (secondary N) is 1. The molecule has 2 rings (SSSR count). The van der Waals surface area contributed by atoms with Gasteiger partial charge in [0, 0.05) is 13.2 Å². The van der Waals surface area contributed by atoms with Gasteiger partial charge in [0.15, 0.2) is 0 Å². The fourth-order valence-electron chi connectivity index (χ4n) is 2.08. The van der Waals surface area contributed by atoms with Crippen LogP contribution in [-0.2, 0) is 16.6 Å².